The molecule has 30 heavy (non-hydrogen) atoms. The van der Waals surface area contributed by atoms with Crippen LogP contribution in [-0.4, -0.2) is 20.4 Å². The quantitative estimate of drug-likeness (QED) is 0.577. The third kappa shape index (κ3) is 4.69. The van der Waals surface area contributed by atoms with Crippen molar-refractivity contribution in [2.45, 2.75) is 38.3 Å². The Balaban J connectivity index is 1.65. The molecule has 3 aromatic rings. The van der Waals surface area contributed by atoms with Gasteiger partial charge >= 0.3 is 5.63 Å². The summed E-state index contributed by atoms with van der Waals surface area (Å²) < 4.78 is 33.5. The van der Waals surface area contributed by atoms with Crippen LogP contribution < -0.4 is 20.8 Å². The van der Waals surface area contributed by atoms with E-state index in [2.05, 4.69) is 5.32 Å². The van der Waals surface area contributed by atoms with Crippen molar-refractivity contribution in [2.24, 2.45) is 5.14 Å². The number of nitrogens with two attached hydrogens (primary N) is 1. The molecule has 0 saturated heterocycles. The maximum absolute atomic E-state index is 12.3. The van der Waals surface area contributed by atoms with Gasteiger partial charge in [0.25, 0.3) is 5.91 Å². The molecular weight excluding hydrogens is 408 g/mol. The SMILES string of the molecule is Cc1c(C)c2ccc(OC(C)C(=O)NCc3ccc(S(N)(=O)=O)cc3)cc2oc1=O. The van der Waals surface area contributed by atoms with Crippen molar-refractivity contribution < 1.29 is 22.4 Å². The summed E-state index contributed by atoms with van der Waals surface area (Å²) in [6.07, 6.45) is -0.801. The minimum atomic E-state index is -3.76. The second-order valence-electron chi connectivity index (χ2n) is 6.96. The molecule has 0 saturated carbocycles. The number of hydrogen-bond donors (Lipinski definition) is 2. The van der Waals surface area contributed by atoms with Crippen LogP contribution in [0.15, 0.2) is 56.6 Å². The van der Waals surface area contributed by atoms with Crippen LogP contribution in [0.1, 0.15) is 23.6 Å². The van der Waals surface area contributed by atoms with Gasteiger partial charge in [0.1, 0.15) is 11.3 Å². The van der Waals surface area contributed by atoms with E-state index >= 15 is 0 Å². The average molecular weight is 430 g/mol. The topological polar surface area (TPSA) is 129 Å². The number of ether oxygens (including phenoxy) is 1. The van der Waals surface area contributed by atoms with Crippen molar-refractivity contribution in [1.29, 1.82) is 0 Å². The lowest BCUT2D eigenvalue weighted by molar-refractivity contribution is -0.127. The average Bonchev–Trinajstić information content (AvgIpc) is 2.69. The van der Waals surface area contributed by atoms with Gasteiger partial charge in [-0.15, -0.1) is 0 Å². The number of nitrogens with one attached hydrogen (secondary N) is 1. The number of fused-ring (bicyclic) bond motifs is 1. The molecule has 0 aliphatic heterocycles. The normalized spacial score (nSPS) is 12.5. The van der Waals surface area contributed by atoms with E-state index in [1.165, 1.54) is 12.1 Å². The predicted molar refractivity (Wildman–Crippen MR) is 112 cm³/mol. The second kappa shape index (κ2) is 8.29. The Bertz CT molecular complexity index is 1260. The summed E-state index contributed by atoms with van der Waals surface area (Å²) in [7, 11) is -3.76. The van der Waals surface area contributed by atoms with E-state index in [0.29, 0.717) is 22.5 Å². The molecule has 3 rings (SSSR count). The molecule has 0 aliphatic rings. The lowest BCUT2D eigenvalue weighted by atomic mass is 10.1. The molecule has 8 nitrogen and oxygen atoms in total. The van der Waals surface area contributed by atoms with Crippen molar-refractivity contribution in [1.82, 2.24) is 5.32 Å². The number of carbonyl (C=O) groups is 1. The molecular formula is C21H22N2O6S. The van der Waals surface area contributed by atoms with E-state index in [9.17, 15) is 18.0 Å². The molecule has 3 N–H and O–H groups in total. The predicted octanol–water partition coefficient (Wildman–Crippen LogP) is 2.14. The largest absolute Gasteiger partial charge is 0.481 e. The van der Waals surface area contributed by atoms with Crippen molar-refractivity contribution in [3.63, 3.8) is 0 Å². The molecule has 158 valence electrons. The van der Waals surface area contributed by atoms with Gasteiger partial charge < -0.3 is 14.5 Å². The van der Waals surface area contributed by atoms with E-state index < -0.39 is 21.8 Å². The highest BCUT2D eigenvalue weighted by Crippen LogP contribution is 2.24. The number of benzene rings is 2. The first kappa shape index (κ1) is 21.5. The van der Waals surface area contributed by atoms with Crippen LogP contribution in [0.2, 0.25) is 0 Å². The summed E-state index contributed by atoms with van der Waals surface area (Å²) in [5.74, 6) is 0.0428. The van der Waals surface area contributed by atoms with Crippen molar-refractivity contribution in [3.05, 3.63) is 69.6 Å². The highest BCUT2D eigenvalue weighted by atomic mass is 32.2. The Morgan fingerprint density at radius 2 is 1.80 bits per heavy atom. The maximum Gasteiger partial charge on any atom is 0.339 e. The van der Waals surface area contributed by atoms with Crippen molar-refractivity contribution >= 4 is 26.9 Å². The summed E-state index contributed by atoms with van der Waals surface area (Å²) >= 11 is 0. The summed E-state index contributed by atoms with van der Waals surface area (Å²) in [6.45, 7) is 5.35. The van der Waals surface area contributed by atoms with E-state index in [1.807, 2.05) is 6.92 Å². The third-order valence-electron chi connectivity index (χ3n) is 4.83. The molecule has 1 unspecified atom stereocenters. The van der Waals surface area contributed by atoms with Gasteiger partial charge in [-0.3, -0.25) is 4.79 Å². The van der Waals surface area contributed by atoms with Crippen LogP contribution in [0.4, 0.5) is 0 Å². The van der Waals surface area contributed by atoms with Gasteiger partial charge in [-0.05, 0) is 56.2 Å². The lowest BCUT2D eigenvalue weighted by Crippen LogP contribution is -2.35. The molecule has 1 atom stereocenters. The number of primary sulfonamides is 1. The summed E-state index contributed by atoms with van der Waals surface area (Å²) in [6, 6.07) is 11.0. The van der Waals surface area contributed by atoms with Crippen LogP contribution in [0.5, 0.6) is 5.75 Å². The van der Waals surface area contributed by atoms with Crippen molar-refractivity contribution in [3.8, 4) is 5.75 Å². The van der Waals surface area contributed by atoms with E-state index in [4.69, 9.17) is 14.3 Å². The van der Waals surface area contributed by atoms with Gasteiger partial charge in [-0.2, -0.15) is 0 Å². The lowest BCUT2D eigenvalue weighted by Gasteiger charge is -2.15. The molecule has 0 aliphatic carbocycles. The second-order valence-corrected chi connectivity index (χ2v) is 8.53. The Hall–Kier alpha value is -3.17. The number of hydrogen-bond acceptors (Lipinski definition) is 6. The van der Waals surface area contributed by atoms with Gasteiger partial charge in [0.05, 0.1) is 4.90 Å². The van der Waals surface area contributed by atoms with Crippen molar-refractivity contribution in [2.75, 3.05) is 0 Å². The van der Waals surface area contributed by atoms with E-state index in [-0.39, 0.29) is 17.3 Å². The van der Waals surface area contributed by atoms with E-state index in [1.54, 1.807) is 44.2 Å². The van der Waals surface area contributed by atoms with Gasteiger partial charge in [-0.25, -0.2) is 18.4 Å². The fraction of sp³-hybridized carbons (Fsp3) is 0.238. The molecule has 0 bridgehead atoms. The molecule has 1 heterocycles. The van der Waals surface area contributed by atoms with Gasteiger partial charge in [-0.1, -0.05) is 12.1 Å². The van der Waals surface area contributed by atoms with Crippen LogP contribution in [-0.2, 0) is 21.4 Å². The fourth-order valence-electron chi connectivity index (χ4n) is 2.89. The number of rotatable bonds is 6. The highest BCUT2D eigenvalue weighted by Gasteiger charge is 2.16. The highest BCUT2D eigenvalue weighted by molar-refractivity contribution is 7.89. The monoisotopic (exact) mass is 430 g/mol. The first-order valence-corrected chi connectivity index (χ1v) is 10.7. The molecule has 1 aromatic heterocycles. The smallest absolute Gasteiger partial charge is 0.339 e. The number of sulfonamides is 1. The zero-order valence-corrected chi connectivity index (χ0v) is 17.6. The number of amides is 1. The molecule has 0 fully saturated rings. The molecule has 1 amide bonds. The number of aryl methyl sites for hydroxylation is 1. The zero-order valence-electron chi connectivity index (χ0n) is 16.8. The van der Waals surface area contributed by atoms with Crippen LogP contribution in [0.25, 0.3) is 11.0 Å². The van der Waals surface area contributed by atoms with Crippen LogP contribution >= 0.6 is 0 Å². The fourth-order valence-corrected chi connectivity index (χ4v) is 3.40. The standard InChI is InChI=1S/C21H22N2O6S/c1-12-13(2)21(25)29-19-10-16(6-9-18(12)19)28-14(3)20(24)23-11-15-4-7-17(8-5-15)30(22,26)27/h4-10,14H,11H2,1-3H3,(H,23,24)(H2,22,26,27). The van der Waals surface area contributed by atoms with Gasteiger partial charge in [0, 0.05) is 23.6 Å². The van der Waals surface area contributed by atoms with Crippen LogP contribution in [0, 0.1) is 13.8 Å². The van der Waals surface area contributed by atoms with Crippen LogP contribution in [0.3, 0.4) is 0 Å². The molecule has 9 heteroatoms. The molecule has 0 spiro atoms. The first-order valence-electron chi connectivity index (χ1n) is 9.16. The van der Waals surface area contributed by atoms with Gasteiger partial charge in [0.15, 0.2) is 6.10 Å². The number of carbonyl (C=O) groups excluding carboxylic acids is 1. The Morgan fingerprint density at radius 3 is 2.43 bits per heavy atom. The maximum atomic E-state index is 12.3. The Kier molecular flexibility index (Phi) is 5.95. The molecule has 2 aromatic carbocycles. The first-order chi connectivity index (χ1) is 14.1. The minimum absolute atomic E-state index is 0.00247. The van der Waals surface area contributed by atoms with Gasteiger partial charge in [0.2, 0.25) is 10.0 Å². The Labute approximate surface area is 173 Å². The summed E-state index contributed by atoms with van der Waals surface area (Å²) in [5.41, 5.74) is 2.09. The summed E-state index contributed by atoms with van der Waals surface area (Å²) in [5, 5.41) is 8.59. The summed E-state index contributed by atoms with van der Waals surface area (Å²) in [4.78, 5) is 24.2. The Morgan fingerprint density at radius 1 is 1.13 bits per heavy atom. The zero-order chi connectivity index (χ0) is 22.1. The molecule has 0 radical (unpaired) electrons. The van der Waals surface area contributed by atoms with E-state index in [0.717, 1.165) is 10.9 Å². The minimum Gasteiger partial charge on any atom is -0.481 e. The third-order valence-corrected chi connectivity index (χ3v) is 5.76.